The maximum Gasteiger partial charge on any atom is 0.251 e. The van der Waals surface area contributed by atoms with E-state index >= 15 is 0 Å². The van der Waals surface area contributed by atoms with Gasteiger partial charge in [-0.1, -0.05) is 26.0 Å². The first-order valence-electron chi connectivity index (χ1n) is 10.4. The molecule has 1 N–H and O–H groups in total. The van der Waals surface area contributed by atoms with Gasteiger partial charge in [-0.3, -0.25) is 4.79 Å². The van der Waals surface area contributed by atoms with Crippen LogP contribution < -0.4 is 5.32 Å². The Morgan fingerprint density at radius 3 is 2.44 bits per heavy atom. The lowest BCUT2D eigenvalue weighted by molar-refractivity contribution is 0.0950. The lowest BCUT2D eigenvalue weighted by Crippen LogP contribution is -2.31. The highest BCUT2D eigenvalue weighted by molar-refractivity contribution is 7.89. The molecule has 9 heteroatoms. The van der Waals surface area contributed by atoms with E-state index in [4.69, 9.17) is 0 Å². The maximum absolute atomic E-state index is 14.6. The van der Waals surface area contributed by atoms with Gasteiger partial charge in [0.05, 0.1) is 10.6 Å². The van der Waals surface area contributed by atoms with Crippen LogP contribution in [0.4, 0.5) is 4.39 Å². The molecule has 1 amide bonds. The number of benzene rings is 2. The van der Waals surface area contributed by atoms with Crippen molar-refractivity contribution in [3.8, 4) is 5.69 Å². The van der Waals surface area contributed by atoms with E-state index in [9.17, 15) is 17.6 Å². The summed E-state index contributed by atoms with van der Waals surface area (Å²) >= 11 is 0. The van der Waals surface area contributed by atoms with Gasteiger partial charge < -0.3 is 9.88 Å². The van der Waals surface area contributed by atoms with Crippen LogP contribution in [-0.4, -0.2) is 41.3 Å². The van der Waals surface area contributed by atoms with Crippen LogP contribution >= 0.6 is 0 Å². The average Bonchev–Trinajstić information content (AvgIpc) is 3.18. The third-order valence-corrected chi connectivity index (χ3v) is 7.52. The van der Waals surface area contributed by atoms with E-state index in [1.807, 2.05) is 0 Å². The number of sulfonamides is 1. The molecular weight excluding hydrogens is 431 g/mol. The van der Waals surface area contributed by atoms with Gasteiger partial charge in [0.2, 0.25) is 10.0 Å². The Balaban J connectivity index is 1.77. The van der Waals surface area contributed by atoms with Gasteiger partial charge >= 0.3 is 0 Å². The van der Waals surface area contributed by atoms with E-state index in [-0.39, 0.29) is 17.0 Å². The van der Waals surface area contributed by atoms with Crippen molar-refractivity contribution < 1.29 is 17.6 Å². The first kappa shape index (κ1) is 23.6. The summed E-state index contributed by atoms with van der Waals surface area (Å²) in [4.78, 5) is 16.9. The summed E-state index contributed by atoms with van der Waals surface area (Å²) in [6, 6.07) is 9.31. The predicted octanol–water partition coefficient (Wildman–Crippen LogP) is 3.59. The molecule has 2 aromatic carbocycles. The van der Waals surface area contributed by atoms with Crippen LogP contribution in [0.1, 0.15) is 41.2 Å². The number of hydrogen-bond acceptors (Lipinski definition) is 4. The van der Waals surface area contributed by atoms with Gasteiger partial charge in [0.1, 0.15) is 11.6 Å². The van der Waals surface area contributed by atoms with Crippen LogP contribution in [0.15, 0.2) is 53.7 Å². The summed E-state index contributed by atoms with van der Waals surface area (Å²) in [5.74, 6) is -0.198. The number of carbonyl (C=O) groups excluding carboxylic acids is 1. The van der Waals surface area contributed by atoms with E-state index < -0.39 is 21.7 Å². The molecule has 0 saturated heterocycles. The maximum atomic E-state index is 14.6. The number of halogens is 1. The van der Waals surface area contributed by atoms with Gasteiger partial charge in [0.25, 0.3) is 5.91 Å². The normalized spacial score (nSPS) is 11.7. The molecule has 0 radical (unpaired) electrons. The first-order chi connectivity index (χ1) is 15.2. The third-order valence-electron chi connectivity index (χ3n) is 5.32. The Kier molecular flexibility index (Phi) is 7.10. The molecule has 0 fully saturated rings. The molecule has 0 aliphatic carbocycles. The van der Waals surface area contributed by atoms with Crippen molar-refractivity contribution in [2.45, 2.75) is 39.1 Å². The first-order valence-corrected chi connectivity index (χ1v) is 11.8. The number of nitrogens with zero attached hydrogens (tertiary/aromatic N) is 3. The van der Waals surface area contributed by atoms with Crippen LogP contribution in [0.3, 0.4) is 0 Å². The molecular formula is C23H27FN4O3S. The molecule has 0 bridgehead atoms. The second-order valence-electron chi connectivity index (χ2n) is 7.38. The van der Waals surface area contributed by atoms with Gasteiger partial charge in [-0.15, -0.1) is 0 Å². The number of nitrogens with one attached hydrogen (secondary N) is 1. The summed E-state index contributed by atoms with van der Waals surface area (Å²) in [7, 11) is -3.69. The van der Waals surface area contributed by atoms with E-state index in [2.05, 4.69) is 10.3 Å². The number of carbonyl (C=O) groups is 1. The zero-order chi connectivity index (χ0) is 23.5. The molecule has 3 aromatic rings. The lowest BCUT2D eigenvalue weighted by Gasteiger charge is -2.20. The number of rotatable bonds is 8. The summed E-state index contributed by atoms with van der Waals surface area (Å²) in [6.07, 6.45) is 3.27. The molecule has 1 heterocycles. The van der Waals surface area contributed by atoms with E-state index in [0.717, 1.165) is 0 Å². The monoisotopic (exact) mass is 458 g/mol. The summed E-state index contributed by atoms with van der Waals surface area (Å²) in [6.45, 7) is 7.81. The SMILES string of the molecule is CCN(CC)S(=O)(=O)c1cc(C(=O)NCc2ccc(-n3ccnc3C)c(F)c2)ccc1C. The van der Waals surface area contributed by atoms with Crippen LogP contribution in [0.5, 0.6) is 0 Å². The smallest absolute Gasteiger partial charge is 0.251 e. The summed E-state index contributed by atoms with van der Waals surface area (Å²) in [5, 5.41) is 2.73. The Labute approximate surface area is 188 Å². The van der Waals surface area contributed by atoms with Crippen molar-refractivity contribution in [3.63, 3.8) is 0 Å². The quantitative estimate of drug-likeness (QED) is 0.559. The minimum absolute atomic E-state index is 0.102. The Morgan fingerprint density at radius 2 is 1.84 bits per heavy atom. The van der Waals surface area contributed by atoms with E-state index in [0.29, 0.717) is 35.7 Å². The van der Waals surface area contributed by atoms with E-state index in [1.54, 1.807) is 68.9 Å². The van der Waals surface area contributed by atoms with Crippen LogP contribution in [0.25, 0.3) is 5.69 Å². The van der Waals surface area contributed by atoms with Crippen molar-refractivity contribution in [2.75, 3.05) is 13.1 Å². The van der Waals surface area contributed by atoms with Gasteiger partial charge in [-0.05, 0) is 49.2 Å². The number of aryl methyl sites for hydroxylation is 2. The molecule has 7 nitrogen and oxygen atoms in total. The number of aromatic nitrogens is 2. The minimum atomic E-state index is -3.69. The van der Waals surface area contributed by atoms with Gasteiger partial charge in [-0.25, -0.2) is 17.8 Å². The molecule has 0 spiro atoms. The van der Waals surface area contributed by atoms with Gasteiger partial charge in [0, 0.05) is 37.6 Å². The third kappa shape index (κ3) is 4.73. The molecule has 0 saturated carbocycles. The molecule has 0 aliphatic heterocycles. The van der Waals surface area contributed by atoms with Crippen LogP contribution in [0.2, 0.25) is 0 Å². The fourth-order valence-corrected chi connectivity index (χ4v) is 5.20. The Morgan fingerprint density at radius 1 is 1.12 bits per heavy atom. The second kappa shape index (κ2) is 9.62. The number of imidazole rings is 1. The van der Waals surface area contributed by atoms with Gasteiger partial charge in [0.15, 0.2) is 0 Å². The fourth-order valence-electron chi connectivity index (χ4n) is 3.49. The molecule has 1 aromatic heterocycles. The lowest BCUT2D eigenvalue weighted by atomic mass is 10.1. The predicted molar refractivity (Wildman–Crippen MR) is 121 cm³/mol. The number of hydrogen-bond donors (Lipinski definition) is 1. The largest absolute Gasteiger partial charge is 0.348 e. The highest BCUT2D eigenvalue weighted by atomic mass is 32.2. The highest BCUT2D eigenvalue weighted by Gasteiger charge is 2.24. The highest BCUT2D eigenvalue weighted by Crippen LogP contribution is 2.22. The van der Waals surface area contributed by atoms with Crippen LogP contribution in [-0.2, 0) is 16.6 Å². The zero-order valence-electron chi connectivity index (χ0n) is 18.6. The minimum Gasteiger partial charge on any atom is -0.348 e. The Hall–Kier alpha value is -3.04. The Bertz CT molecular complexity index is 1230. The second-order valence-corrected chi connectivity index (χ2v) is 9.29. The molecule has 3 rings (SSSR count). The fraction of sp³-hybridized carbons (Fsp3) is 0.304. The van der Waals surface area contributed by atoms with Crippen LogP contribution in [0, 0.1) is 19.7 Å². The van der Waals surface area contributed by atoms with Crippen molar-refractivity contribution in [2.24, 2.45) is 0 Å². The molecule has 0 aliphatic rings. The summed E-state index contributed by atoms with van der Waals surface area (Å²) in [5.41, 5.74) is 1.76. The average molecular weight is 459 g/mol. The van der Waals surface area contributed by atoms with Crippen molar-refractivity contribution in [3.05, 3.63) is 77.1 Å². The molecule has 170 valence electrons. The number of amides is 1. The van der Waals surface area contributed by atoms with Gasteiger partial charge in [-0.2, -0.15) is 4.31 Å². The zero-order valence-corrected chi connectivity index (χ0v) is 19.4. The standard InChI is InChI=1S/C23H27FN4O3S/c1-5-27(6-2)32(30,31)22-14-19(9-7-16(22)3)23(29)26-15-18-8-10-21(20(24)13-18)28-12-11-25-17(28)4/h7-14H,5-6,15H2,1-4H3,(H,26,29). The topological polar surface area (TPSA) is 84.3 Å². The van der Waals surface area contributed by atoms with Crippen molar-refractivity contribution in [1.82, 2.24) is 19.2 Å². The molecule has 0 unspecified atom stereocenters. The molecule has 32 heavy (non-hydrogen) atoms. The summed E-state index contributed by atoms with van der Waals surface area (Å²) < 4.78 is 43.4. The van der Waals surface area contributed by atoms with Crippen molar-refractivity contribution in [1.29, 1.82) is 0 Å². The molecule has 0 atom stereocenters. The van der Waals surface area contributed by atoms with E-state index in [1.165, 1.54) is 16.4 Å². The van der Waals surface area contributed by atoms with Crippen molar-refractivity contribution >= 4 is 15.9 Å².